The lowest BCUT2D eigenvalue weighted by molar-refractivity contribution is 0.0689. The Morgan fingerprint density at radius 1 is 1.07 bits per heavy atom. The van der Waals surface area contributed by atoms with E-state index in [4.69, 9.17) is 9.47 Å². The molecule has 1 fully saturated rings. The Balaban J connectivity index is 0.00000364. The van der Waals surface area contributed by atoms with E-state index >= 15 is 0 Å². The molecule has 8 heteroatoms. The predicted octanol–water partition coefficient (Wildman–Crippen LogP) is 2.58. The third kappa shape index (κ3) is 8.61. The van der Waals surface area contributed by atoms with Crippen molar-refractivity contribution in [3.63, 3.8) is 0 Å². The highest BCUT2D eigenvalue weighted by atomic mass is 127. The summed E-state index contributed by atoms with van der Waals surface area (Å²) in [5, 5.41) is 3.43. The molecule has 6 nitrogen and oxygen atoms in total. The molecular formula is C19H32FIN4O2. The summed E-state index contributed by atoms with van der Waals surface area (Å²) >= 11 is 0. The van der Waals surface area contributed by atoms with Crippen molar-refractivity contribution in [2.24, 2.45) is 4.99 Å². The van der Waals surface area contributed by atoms with Crippen LogP contribution in [0.15, 0.2) is 29.3 Å². The van der Waals surface area contributed by atoms with E-state index in [0.29, 0.717) is 13.2 Å². The number of nitrogens with zero attached hydrogens (tertiary/aromatic N) is 3. The van der Waals surface area contributed by atoms with Crippen molar-refractivity contribution in [3.8, 4) is 0 Å². The zero-order valence-electron chi connectivity index (χ0n) is 16.3. The van der Waals surface area contributed by atoms with Crippen LogP contribution in [0.1, 0.15) is 12.8 Å². The number of hydrogen-bond donors (Lipinski definition) is 1. The zero-order chi connectivity index (χ0) is 18.6. The average Bonchev–Trinajstić information content (AvgIpc) is 2.68. The second-order valence-corrected chi connectivity index (χ2v) is 6.24. The van der Waals surface area contributed by atoms with E-state index in [1.807, 2.05) is 19.2 Å². The quantitative estimate of drug-likeness (QED) is 0.248. The summed E-state index contributed by atoms with van der Waals surface area (Å²) in [5.74, 6) is 0.755. The van der Waals surface area contributed by atoms with Gasteiger partial charge in [0.25, 0.3) is 0 Å². The molecule has 0 radical (unpaired) electrons. The highest BCUT2D eigenvalue weighted by Crippen LogP contribution is 2.16. The number of benzene rings is 1. The largest absolute Gasteiger partial charge is 0.382 e. The lowest BCUT2D eigenvalue weighted by Crippen LogP contribution is -2.52. The molecule has 0 unspecified atom stereocenters. The molecular weight excluding hydrogens is 462 g/mol. The summed E-state index contributed by atoms with van der Waals surface area (Å²) in [6.45, 7) is 6.56. The number of nitrogens with one attached hydrogen (secondary N) is 1. The maximum atomic E-state index is 13.1. The molecule has 0 atom stereocenters. The van der Waals surface area contributed by atoms with E-state index in [1.165, 1.54) is 12.1 Å². The fraction of sp³-hybridized carbons (Fsp3) is 0.632. The van der Waals surface area contributed by atoms with Crippen LogP contribution >= 0.6 is 24.0 Å². The molecule has 0 aromatic heterocycles. The molecule has 1 saturated heterocycles. The van der Waals surface area contributed by atoms with Gasteiger partial charge in [-0.3, -0.25) is 4.99 Å². The van der Waals surface area contributed by atoms with Gasteiger partial charge in [0.05, 0.1) is 13.2 Å². The first-order valence-corrected chi connectivity index (χ1v) is 9.27. The minimum Gasteiger partial charge on any atom is -0.382 e. The molecule has 154 valence electrons. The number of guanidine groups is 1. The number of rotatable bonds is 9. The van der Waals surface area contributed by atoms with Crippen molar-refractivity contribution in [2.75, 3.05) is 71.6 Å². The molecule has 1 aliphatic heterocycles. The molecule has 0 amide bonds. The van der Waals surface area contributed by atoms with Crippen molar-refractivity contribution in [3.05, 3.63) is 30.1 Å². The summed E-state index contributed by atoms with van der Waals surface area (Å²) in [6.07, 6.45) is 2.06. The van der Waals surface area contributed by atoms with Gasteiger partial charge >= 0.3 is 0 Å². The Kier molecular flexibility index (Phi) is 12.4. The van der Waals surface area contributed by atoms with Crippen LogP contribution in [0.2, 0.25) is 0 Å². The number of methoxy groups -OCH3 is 1. The van der Waals surface area contributed by atoms with Gasteiger partial charge < -0.3 is 24.6 Å². The van der Waals surface area contributed by atoms with Crippen molar-refractivity contribution < 1.29 is 13.9 Å². The number of anilines is 1. The van der Waals surface area contributed by atoms with Gasteiger partial charge in [-0.15, -0.1) is 24.0 Å². The number of unbranched alkanes of at least 4 members (excludes halogenated alkanes) is 1. The maximum absolute atomic E-state index is 13.1. The van der Waals surface area contributed by atoms with Gasteiger partial charge in [-0.2, -0.15) is 0 Å². The summed E-state index contributed by atoms with van der Waals surface area (Å²) in [4.78, 5) is 8.95. The first-order chi connectivity index (χ1) is 12.7. The molecule has 27 heavy (non-hydrogen) atoms. The van der Waals surface area contributed by atoms with E-state index < -0.39 is 0 Å². The summed E-state index contributed by atoms with van der Waals surface area (Å²) in [7, 11) is 3.50. The normalized spacial score (nSPS) is 14.9. The van der Waals surface area contributed by atoms with Crippen LogP contribution in [0.4, 0.5) is 10.1 Å². The van der Waals surface area contributed by atoms with Crippen molar-refractivity contribution in [1.29, 1.82) is 0 Å². The van der Waals surface area contributed by atoms with Crippen LogP contribution in [0.25, 0.3) is 0 Å². The Hall–Kier alpha value is -1.13. The third-order valence-corrected chi connectivity index (χ3v) is 4.41. The molecule has 0 spiro atoms. The second-order valence-electron chi connectivity index (χ2n) is 6.24. The van der Waals surface area contributed by atoms with Gasteiger partial charge in [-0.25, -0.2) is 4.39 Å². The van der Waals surface area contributed by atoms with Gasteiger partial charge in [0, 0.05) is 59.2 Å². The van der Waals surface area contributed by atoms with Gasteiger partial charge in [-0.05, 0) is 37.1 Å². The van der Waals surface area contributed by atoms with Crippen LogP contribution in [-0.4, -0.2) is 77.6 Å². The summed E-state index contributed by atoms with van der Waals surface area (Å²) in [5.41, 5.74) is 1.07. The fourth-order valence-corrected chi connectivity index (χ4v) is 2.93. The standard InChI is InChI=1S/C19H31FN4O2.HI/c1-21-19(22-9-3-4-14-26-16-15-25-2)24-12-10-23(11-13-24)18-7-5-17(20)6-8-18;/h5-8H,3-4,9-16H2,1-2H3,(H,21,22);1H. The molecule has 1 aliphatic rings. The first-order valence-electron chi connectivity index (χ1n) is 9.27. The van der Waals surface area contributed by atoms with E-state index in [-0.39, 0.29) is 29.8 Å². The smallest absolute Gasteiger partial charge is 0.193 e. The lowest BCUT2D eigenvalue weighted by atomic mass is 10.2. The van der Waals surface area contributed by atoms with Crippen LogP contribution < -0.4 is 10.2 Å². The Morgan fingerprint density at radius 2 is 1.78 bits per heavy atom. The second kappa shape index (κ2) is 14.0. The Bertz CT molecular complexity index is 537. The molecule has 2 rings (SSSR count). The van der Waals surface area contributed by atoms with Gasteiger partial charge in [0.15, 0.2) is 5.96 Å². The zero-order valence-corrected chi connectivity index (χ0v) is 18.7. The SMILES string of the molecule is CN=C(NCCCCOCCOC)N1CCN(c2ccc(F)cc2)CC1.I. The van der Waals surface area contributed by atoms with Gasteiger partial charge in [0.2, 0.25) is 0 Å². The van der Waals surface area contributed by atoms with Crippen molar-refractivity contribution in [2.45, 2.75) is 12.8 Å². The predicted molar refractivity (Wildman–Crippen MR) is 119 cm³/mol. The van der Waals surface area contributed by atoms with Gasteiger partial charge in [0.1, 0.15) is 5.82 Å². The molecule has 1 aromatic rings. The lowest BCUT2D eigenvalue weighted by Gasteiger charge is -2.37. The number of piperazine rings is 1. The number of halogens is 2. The Morgan fingerprint density at radius 3 is 2.41 bits per heavy atom. The summed E-state index contributed by atoms with van der Waals surface area (Å²) < 4.78 is 23.5. The minimum absolute atomic E-state index is 0. The first kappa shape index (κ1) is 23.9. The maximum Gasteiger partial charge on any atom is 0.193 e. The van der Waals surface area contributed by atoms with E-state index in [9.17, 15) is 4.39 Å². The molecule has 1 heterocycles. The highest BCUT2D eigenvalue weighted by Gasteiger charge is 2.19. The van der Waals surface area contributed by atoms with E-state index in [2.05, 4.69) is 20.1 Å². The van der Waals surface area contributed by atoms with E-state index in [0.717, 1.165) is 63.8 Å². The van der Waals surface area contributed by atoms with E-state index in [1.54, 1.807) is 7.11 Å². The molecule has 1 N–H and O–H groups in total. The summed E-state index contributed by atoms with van der Waals surface area (Å²) in [6, 6.07) is 6.71. The number of ether oxygens (including phenoxy) is 2. The van der Waals surface area contributed by atoms with Crippen LogP contribution in [0.3, 0.4) is 0 Å². The molecule has 1 aromatic carbocycles. The average molecular weight is 494 g/mol. The number of hydrogen-bond acceptors (Lipinski definition) is 4. The monoisotopic (exact) mass is 494 g/mol. The van der Waals surface area contributed by atoms with Crippen LogP contribution in [0, 0.1) is 5.82 Å². The van der Waals surface area contributed by atoms with Crippen LogP contribution in [0.5, 0.6) is 0 Å². The topological polar surface area (TPSA) is 49.3 Å². The molecule has 0 saturated carbocycles. The Labute approximate surface area is 179 Å². The minimum atomic E-state index is -0.193. The molecule has 0 aliphatic carbocycles. The van der Waals surface area contributed by atoms with Crippen molar-refractivity contribution >= 4 is 35.6 Å². The van der Waals surface area contributed by atoms with Gasteiger partial charge in [-0.1, -0.05) is 0 Å². The number of aliphatic imine (C=N–C) groups is 1. The fourth-order valence-electron chi connectivity index (χ4n) is 2.93. The van der Waals surface area contributed by atoms with Crippen LogP contribution in [-0.2, 0) is 9.47 Å². The molecule has 0 bridgehead atoms. The van der Waals surface area contributed by atoms with Crippen molar-refractivity contribution in [1.82, 2.24) is 10.2 Å². The highest BCUT2D eigenvalue weighted by molar-refractivity contribution is 14.0. The third-order valence-electron chi connectivity index (χ3n) is 4.41.